The van der Waals surface area contributed by atoms with Crippen molar-refractivity contribution in [3.8, 4) is 23.0 Å². The summed E-state index contributed by atoms with van der Waals surface area (Å²) in [4.78, 5) is 57.3. The number of nitrogens with one attached hydrogen (secondary N) is 2. The van der Waals surface area contributed by atoms with Crippen molar-refractivity contribution in [3.05, 3.63) is 47.7 Å². The Hall–Kier alpha value is -5.38. The number of urea groups is 1. The molecule has 8 rings (SSSR count). The minimum Gasteiger partial charge on any atom is -0.508 e. The molecule has 4 amide bonds. The molecule has 0 radical (unpaired) electrons. The van der Waals surface area contributed by atoms with Crippen LogP contribution in [0.15, 0.2) is 30.5 Å². The van der Waals surface area contributed by atoms with Crippen molar-refractivity contribution in [1.29, 1.82) is 0 Å². The van der Waals surface area contributed by atoms with Gasteiger partial charge in [-0.2, -0.15) is 9.97 Å². The summed E-state index contributed by atoms with van der Waals surface area (Å²) in [5.74, 6) is -1.61. The van der Waals surface area contributed by atoms with E-state index in [0.29, 0.717) is 68.1 Å². The molecule has 284 valence electrons. The van der Waals surface area contributed by atoms with Gasteiger partial charge < -0.3 is 29.7 Å². The fourth-order valence-electron chi connectivity index (χ4n) is 8.71. The smallest absolute Gasteiger partial charge is 0.411 e. The Bertz CT molecular complexity index is 2210. The molecule has 4 aromatic rings. The Kier molecular flexibility index (Phi) is 8.90. The number of halogens is 2. The van der Waals surface area contributed by atoms with E-state index in [2.05, 4.69) is 25.5 Å². The lowest BCUT2D eigenvalue weighted by atomic mass is 9.89. The second-order valence-corrected chi connectivity index (χ2v) is 14.7. The minimum absolute atomic E-state index is 0.0623. The van der Waals surface area contributed by atoms with Crippen LogP contribution in [0, 0.1) is 11.6 Å². The van der Waals surface area contributed by atoms with Crippen LogP contribution in [0.2, 0.25) is 0 Å². The molecule has 2 aromatic carbocycles. The maximum absolute atomic E-state index is 17.1. The van der Waals surface area contributed by atoms with Crippen LogP contribution in [0.3, 0.4) is 0 Å². The van der Waals surface area contributed by atoms with Crippen molar-refractivity contribution in [3.63, 3.8) is 0 Å². The number of piperidine rings is 1. The molecule has 0 aliphatic carbocycles. The zero-order valence-corrected chi connectivity index (χ0v) is 30.4. The molecular weight excluding hydrogens is 702 g/mol. The molecule has 3 N–H and O–H groups in total. The first kappa shape index (κ1) is 35.6. The lowest BCUT2D eigenvalue weighted by molar-refractivity contribution is -0.124. The summed E-state index contributed by atoms with van der Waals surface area (Å²) in [6.07, 6.45) is 4.86. The van der Waals surface area contributed by atoms with Crippen LogP contribution in [0.4, 0.5) is 24.2 Å². The van der Waals surface area contributed by atoms with Crippen LogP contribution in [0.5, 0.6) is 11.8 Å². The fraction of sp³-hybridized carbons (Fsp3) is 0.474. The SMILES string of the molecule is CCc1c(F)ccc2cc(O)cc(-c3ncc4c(N5CCCC6(C5)NC(=O)NC6=O)nc(OC[C@]56CCCN5[C@@H](OC(=O)N(C)CC)CC6)nc4c3F)c12. The highest BCUT2D eigenvalue weighted by Crippen LogP contribution is 2.44. The van der Waals surface area contributed by atoms with Gasteiger partial charge in [0.05, 0.1) is 17.5 Å². The van der Waals surface area contributed by atoms with Gasteiger partial charge in [0, 0.05) is 44.9 Å². The largest absolute Gasteiger partial charge is 0.508 e. The van der Waals surface area contributed by atoms with Crippen molar-refractivity contribution in [2.75, 3.05) is 44.7 Å². The summed E-state index contributed by atoms with van der Waals surface area (Å²) in [7, 11) is 1.69. The van der Waals surface area contributed by atoms with Crippen molar-refractivity contribution in [2.45, 2.75) is 76.1 Å². The molecule has 4 fully saturated rings. The van der Waals surface area contributed by atoms with Gasteiger partial charge in [0.1, 0.15) is 40.7 Å². The van der Waals surface area contributed by atoms with E-state index in [-0.39, 0.29) is 52.9 Å². The molecule has 6 heterocycles. The van der Waals surface area contributed by atoms with Gasteiger partial charge in [0.15, 0.2) is 12.0 Å². The normalized spacial score (nSPS) is 23.9. The number of amides is 4. The number of rotatable bonds is 8. The Morgan fingerprint density at radius 3 is 2.69 bits per heavy atom. The lowest BCUT2D eigenvalue weighted by Crippen LogP contribution is -2.58. The average Bonchev–Trinajstić information content (AvgIpc) is 3.81. The molecule has 0 bridgehead atoms. The van der Waals surface area contributed by atoms with E-state index in [4.69, 9.17) is 14.5 Å². The van der Waals surface area contributed by atoms with Gasteiger partial charge in [-0.05, 0) is 80.0 Å². The molecule has 1 spiro atoms. The molecule has 1 unspecified atom stereocenters. The van der Waals surface area contributed by atoms with Crippen molar-refractivity contribution >= 4 is 45.5 Å². The Morgan fingerprint density at radius 1 is 1.11 bits per heavy atom. The molecule has 3 atom stereocenters. The molecule has 2 aromatic heterocycles. The van der Waals surface area contributed by atoms with Crippen molar-refractivity contribution < 1.29 is 37.7 Å². The van der Waals surface area contributed by atoms with E-state index in [9.17, 15) is 19.5 Å². The number of aromatic nitrogens is 3. The average molecular weight is 745 g/mol. The summed E-state index contributed by atoms with van der Waals surface area (Å²) in [6.45, 7) is 5.55. The Labute approximate surface area is 309 Å². The standard InChI is InChI=1S/C38H42F2N8O6/c1-4-23-26(39)9-8-21-16-22(49)17-24(28(21)23)30-29(40)31-25(18-41-30)32(47-14-7-12-38(19-47)33(50)44-34(51)45-38)43-35(42-31)53-20-37-11-6-15-48(37)27(10-13-37)54-36(52)46(3)5-2/h8-9,16-18,27,49H,4-7,10-15,19-20H2,1-3H3,(H2,44,45,50,51)/t27-,37+,38?/m0/s1. The van der Waals surface area contributed by atoms with Gasteiger partial charge in [-0.25, -0.2) is 18.4 Å². The molecule has 4 aliphatic heterocycles. The number of imide groups is 1. The maximum Gasteiger partial charge on any atom is 0.411 e. The van der Waals surface area contributed by atoms with Crippen LogP contribution in [-0.4, -0.2) is 105 Å². The zero-order valence-electron chi connectivity index (χ0n) is 30.4. The van der Waals surface area contributed by atoms with Gasteiger partial charge in [-0.15, -0.1) is 0 Å². The van der Waals surface area contributed by atoms with E-state index >= 15 is 8.78 Å². The highest BCUT2D eigenvalue weighted by molar-refractivity contribution is 6.08. The van der Waals surface area contributed by atoms with Gasteiger partial charge >= 0.3 is 18.1 Å². The van der Waals surface area contributed by atoms with Gasteiger partial charge in [-0.1, -0.05) is 13.0 Å². The van der Waals surface area contributed by atoms with Crippen LogP contribution in [0.25, 0.3) is 32.9 Å². The zero-order chi connectivity index (χ0) is 37.9. The molecule has 4 aliphatic rings. The summed E-state index contributed by atoms with van der Waals surface area (Å²) in [6, 6.07) is 5.02. The number of benzene rings is 2. The highest BCUT2D eigenvalue weighted by atomic mass is 19.1. The van der Waals surface area contributed by atoms with E-state index < -0.39 is 47.0 Å². The predicted octanol–water partition coefficient (Wildman–Crippen LogP) is 4.99. The first-order valence-corrected chi connectivity index (χ1v) is 18.5. The summed E-state index contributed by atoms with van der Waals surface area (Å²) in [5.41, 5.74) is -1.37. The van der Waals surface area contributed by atoms with Crippen LogP contribution in [-0.2, 0) is 16.0 Å². The van der Waals surface area contributed by atoms with Crippen LogP contribution >= 0.6 is 0 Å². The third-order valence-corrected chi connectivity index (χ3v) is 11.6. The van der Waals surface area contributed by atoms with Crippen LogP contribution < -0.4 is 20.3 Å². The van der Waals surface area contributed by atoms with Crippen molar-refractivity contribution in [1.82, 2.24) is 35.4 Å². The van der Waals surface area contributed by atoms with E-state index in [1.165, 1.54) is 35.4 Å². The summed E-state index contributed by atoms with van der Waals surface area (Å²) < 4.78 is 44.5. The number of hydrogen-bond donors (Lipinski definition) is 3. The Balaban J connectivity index is 1.21. The minimum atomic E-state index is -1.20. The number of hydrogen-bond acceptors (Lipinski definition) is 11. The second-order valence-electron chi connectivity index (χ2n) is 14.7. The maximum atomic E-state index is 17.1. The van der Waals surface area contributed by atoms with Crippen LogP contribution in [0.1, 0.15) is 57.9 Å². The Morgan fingerprint density at radius 2 is 1.93 bits per heavy atom. The number of aryl methyl sites for hydroxylation is 1. The third kappa shape index (κ3) is 5.86. The monoisotopic (exact) mass is 744 g/mol. The number of pyridine rings is 1. The van der Waals surface area contributed by atoms with E-state index in [1.807, 2.05) is 6.92 Å². The van der Waals surface area contributed by atoms with Gasteiger partial charge in [-0.3, -0.25) is 20.0 Å². The highest BCUT2D eigenvalue weighted by Gasteiger charge is 2.52. The molecule has 0 saturated carbocycles. The number of ether oxygens (including phenoxy) is 2. The molecule has 4 saturated heterocycles. The quantitative estimate of drug-likeness (QED) is 0.209. The number of aromatic hydroxyl groups is 1. The number of phenolic OH excluding ortho intramolecular Hbond substituents is 1. The second kappa shape index (κ2) is 13.5. The topological polar surface area (TPSA) is 162 Å². The molecular formula is C38H42F2N8O6. The van der Waals surface area contributed by atoms with Gasteiger partial charge in [0.2, 0.25) is 0 Å². The lowest BCUT2D eigenvalue weighted by Gasteiger charge is -2.39. The number of phenols is 1. The number of anilines is 1. The molecule has 16 heteroatoms. The number of fused-ring (bicyclic) bond motifs is 3. The first-order chi connectivity index (χ1) is 26.0. The summed E-state index contributed by atoms with van der Waals surface area (Å²) in [5, 5.41) is 17.0. The number of carbonyl (C=O) groups is 3. The summed E-state index contributed by atoms with van der Waals surface area (Å²) >= 11 is 0. The fourth-order valence-corrected chi connectivity index (χ4v) is 8.71. The number of carbonyl (C=O) groups excluding carboxylic acids is 3. The molecule has 54 heavy (non-hydrogen) atoms. The molecule has 14 nitrogen and oxygen atoms in total. The predicted molar refractivity (Wildman–Crippen MR) is 194 cm³/mol. The van der Waals surface area contributed by atoms with E-state index in [0.717, 1.165) is 12.8 Å². The van der Waals surface area contributed by atoms with Crippen molar-refractivity contribution in [2.24, 2.45) is 0 Å². The third-order valence-electron chi connectivity index (χ3n) is 11.6. The number of nitrogens with zero attached hydrogens (tertiary/aromatic N) is 6. The van der Waals surface area contributed by atoms with Gasteiger partial charge in [0.25, 0.3) is 5.91 Å². The van der Waals surface area contributed by atoms with E-state index in [1.54, 1.807) is 18.9 Å². The first-order valence-electron chi connectivity index (χ1n) is 18.5.